The average molecular weight is 347 g/mol. The monoisotopic (exact) mass is 347 g/mol. The average Bonchev–Trinajstić information content (AvgIpc) is 2.73. The second kappa shape index (κ2) is 7.35. The van der Waals surface area contributed by atoms with Gasteiger partial charge in [0, 0.05) is 17.5 Å². The predicted molar refractivity (Wildman–Crippen MR) is 91.8 cm³/mol. The van der Waals surface area contributed by atoms with Gasteiger partial charge in [-0.3, -0.25) is 19.8 Å². The summed E-state index contributed by atoms with van der Waals surface area (Å²) in [7, 11) is 0. The zero-order valence-electron chi connectivity index (χ0n) is 14.3. The van der Waals surface area contributed by atoms with Gasteiger partial charge < -0.3 is 15.2 Å². The Morgan fingerprint density at radius 2 is 1.92 bits per heavy atom. The predicted octanol–water partition coefficient (Wildman–Crippen LogP) is 1.69. The Hall–Kier alpha value is -2.87. The van der Waals surface area contributed by atoms with Crippen LogP contribution in [0.1, 0.15) is 20.8 Å². The molecule has 0 radical (unpaired) electrons. The molecule has 1 heterocycles. The molecule has 2 rings (SSSR count). The van der Waals surface area contributed by atoms with E-state index in [2.05, 4.69) is 10.6 Å². The Bertz CT molecular complexity index is 721. The van der Waals surface area contributed by atoms with Crippen LogP contribution in [0.3, 0.4) is 0 Å². The van der Waals surface area contributed by atoms with Crippen LogP contribution >= 0.6 is 0 Å². The highest BCUT2D eigenvalue weighted by atomic mass is 16.6. The van der Waals surface area contributed by atoms with E-state index in [-0.39, 0.29) is 18.8 Å². The van der Waals surface area contributed by atoms with Crippen molar-refractivity contribution in [2.75, 3.05) is 23.8 Å². The summed E-state index contributed by atoms with van der Waals surface area (Å²) in [6, 6.07) is 6.65. The number of amides is 3. The molecule has 8 heteroatoms. The van der Waals surface area contributed by atoms with Crippen molar-refractivity contribution in [1.29, 1.82) is 0 Å². The fraction of sp³-hybridized carbons (Fsp3) is 0.353. The van der Waals surface area contributed by atoms with Gasteiger partial charge >= 0.3 is 6.09 Å². The topological polar surface area (TPSA) is 108 Å². The molecule has 8 nitrogen and oxygen atoms in total. The number of imide groups is 1. The number of anilines is 2. The van der Waals surface area contributed by atoms with Crippen molar-refractivity contribution in [2.24, 2.45) is 0 Å². The molecule has 1 aliphatic heterocycles. The lowest BCUT2D eigenvalue weighted by Gasteiger charge is -2.20. The number of nitrogens with zero attached hydrogens (tertiary/aromatic N) is 1. The van der Waals surface area contributed by atoms with Crippen LogP contribution in [-0.4, -0.2) is 46.7 Å². The van der Waals surface area contributed by atoms with E-state index in [0.29, 0.717) is 11.4 Å². The number of hydrogen-bond acceptors (Lipinski definition) is 6. The third-order valence-electron chi connectivity index (χ3n) is 3.12. The standard InChI is InChI=1S/C17H21N3O5/c1-17(2,3)25-16(24)19-12-6-4-5-11(9-12)18-13-10-14(22)20(7-8-21)15(13)23/h4-6,9-10,18,21H,7-8H2,1-3H3,(H,19,24). The number of hydrogen-bond donors (Lipinski definition) is 3. The molecule has 0 aromatic heterocycles. The van der Waals surface area contributed by atoms with Crippen LogP contribution in [0.15, 0.2) is 36.0 Å². The van der Waals surface area contributed by atoms with Gasteiger partial charge in [-0.1, -0.05) is 6.07 Å². The van der Waals surface area contributed by atoms with Crippen LogP contribution in [0.25, 0.3) is 0 Å². The summed E-state index contributed by atoms with van der Waals surface area (Å²) in [5.41, 5.74) is 0.487. The molecule has 3 amide bonds. The van der Waals surface area contributed by atoms with E-state index < -0.39 is 23.5 Å². The second-order valence-electron chi connectivity index (χ2n) is 6.41. The van der Waals surface area contributed by atoms with Gasteiger partial charge in [0.25, 0.3) is 11.8 Å². The SMILES string of the molecule is CC(C)(C)OC(=O)Nc1cccc(NC2=CC(=O)N(CCO)C2=O)c1. The van der Waals surface area contributed by atoms with Gasteiger partial charge in [0.1, 0.15) is 11.3 Å². The number of nitrogens with one attached hydrogen (secondary N) is 2. The molecule has 3 N–H and O–H groups in total. The van der Waals surface area contributed by atoms with Crippen molar-refractivity contribution in [3.05, 3.63) is 36.0 Å². The van der Waals surface area contributed by atoms with Crippen molar-refractivity contribution in [1.82, 2.24) is 4.90 Å². The minimum absolute atomic E-state index is 0.0560. The van der Waals surface area contributed by atoms with Crippen molar-refractivity contribution in [2.45, 2.75) is 26.4 Å². The molecular weight excluding hydrogens is 326 g/mol. The third kappa shape index (κ3) is 5.05. The highest BCUT2D eigenvalue weighted by Gasteiger charge is 2.30. The maximum atomic E-state index is 12.1. The van der Waals surface area contributed by atoms with Crippen molar-refractivity contribution in [3.63, 3.8) is 0 Å². The first-order valence-electron chi connectivity index (χ1n) is 7.75. The molecule has 0 unspecified atom stereocenters. The summed E-state index contributed by atoms with van der Waals surface area (Å²) in [6.45, 7) is 4.93. The quantitative estimate of drug-likeness (QED) is 0.700. The lowest BCUT2D eigenvalue weighted by atomic mass is 10.2. The zero-order chi connectivity index (χ0) is 18.6. The Kier molecular flexibility index (Phi) is 5.43. The molecule has 0 spiro atoms. The van der Waals surface area contributed by atoms with Crippen LogP contribution in [0.2, 0.25) is 0 Å². The number of aliphatic hydroxyl groups is 1. The number of carbonyl (C=O) groups excluding carboxylic acids is 3. The lowest BCUT2D eigenvalue weighted by molar-refractivity contribution is -0.137. The smallest absolute Gasteiger partial charge is 0.412 e. The van der Waals surface area contributed by atoms with Crippen LogP contribution in [-0.2, 0) is 14.3 Å². The van der Waals surface area contributed by atoms with Gasteiger partial charge in [-0.05, 0) is 39.0 Å². The van der Waals surface area contributed by atoms with E-state index in [0.717, 1.165) is 4.90 Å². The third-order valence-corrected chi connectivity index (χ3v) is 3.12. The first-order chi connectivity index (χ1) is 11.7. The minimum Gasteiger partial charge on any atom is -0.444 e. The van der Waals surface area contributed by atoms with Gasteiger partial charge in [-0.2, -0.15) is 0 Å². The van der Waals surface area contributed by atoms with Crippen LogP contribution < -0.4 is 10.6 Å². The highest BCUT2D eigenvalue weighted by Crippen LogP contribution is 2.20. The van der Waals surface area contributed by atoms with Gasteiger partial charge in [0.2, 0.25) is 0 Å². The number of ether oxygens (including phenoxy) is 1. The van der Waals surface area contributed by atoms with E-state index in [1.54, 1.807) is 45.0 Å². The van der Waals surface area contributed by atoms with Crippen LogP contribution in [0, 0.1) is 0 Å². The maximum absolute atomic E-state index is 12.1. The maximum Gasteiger partial charge on any atom is 0.412 e. The molecule has 134 valence electrons. The van der Waals surface area contributed by atoms with Crippen molar-refractivity contribution < 1.29 is 24.2 Å². The molecule has 25 heavy (non-hydrogen) atoms. The molecule has 1 aliphatic rings. The molecule has 1 aromatic rings. The van der Waals surface area contributed by atoms with E-state index in [1.807, 2.05) is 0 Å². The van der Waals surface area contributed by atoms with Gasteiger partial charge in [0.05, 0.1) is 13.2 Å². The van der Waals surface area contributed by atoms with Crippen molar-refractivity contribution in [3.8, 4) is 0 Å². The Balaban J connectivity index is 2.05. The first-order valence-corrected chi connectivity index (χ1v) is 7.75. The zero-order valence-corrected chi connectivity index (χ0v) is 14.3. The van der Waals surface area contributed by atoms with Gasteiger partial charge in [0.15, 0.2) is 0 Å². The molecule has 0 bridgehead atoms. The van der Waals surface area contributed by atoms with E-state index in [9.17, 15) is 14.4 Å². The lowest BCUT2D eigenvalue weighted by Crippen LogP contribution is -2.34. The number of benzene rings is 1. The largest absolute Gasteiger partial charge is 0.444 e. The fourth-order valence-electron chi connectivity index (χ4n) is 2.16. The summed E-state index contributed by atoms with van der Waals surface area (Å²) in [4.78, 5) is 36.6. The Morgan fingerprint density at radius 1 is 1.24 bits per heavy atom. The van der Waals surface area contributed by atoms with Crippen LogP contribution in [0.4, 0.5) is 16.2 Å². The summed E-state index contributed by atoms with van der Waals surface area (Å²) in [6.07, 6.45) is 0.580. The summed E-state index contributed by atoms with van der Waals surface area (Å²) >= 11 is 0. The summed E-state index contributed by atoms with van der Waals surface area (Å²) in [5, 5.41) is 14.3. The molecule has 0 saturated carbocycles. The molecule has 0 fully saturated rings. The van der Waals surface area contributed by atoms with Gasteiger partial charge in [-0.15, -0.1) is 0 Å². The normalized spacial score (nSPS) is 14.4. The van der Waals surface area contributed by atoms with E-state index in [1.165, 1.54) is 6.08 Å². The highest BCUT2D eigenvalue weighted by molar-refractivity contribution is 6.17. The number of carbonyl (C=O) groups is 3. The van der Waals surface area contributed by atoms with E-state index >= 15 is 0 Å². The number of rotatable bonds is 5. The number of aliphatic hydroxyl groups excluding tert-OH is 1. The Morgan fingerprint density at radius 3 is 2.56 bits per heavy atom. The van der Waals surface area contributed by atoms with E-state index in [4.69, 9.17) is 9.84 Å². The molecule has 0 atom stereocenters. The molecule has 0 saturated heterocycles. The Labute approximate surface area is 145 Å². The second-order valence-corrected chi connectivity index (χ2v) is 6.41. The summed E-state index contributed by atoms with van der Waals surface area (Å²) < 4.78 is 5.18. The van der Waals surface area contributed by atoms with Crippen molar-refractivity contribution >= 4 is 29.3 Å². The fourth-order valence-corrected chi connectivity index (χ4v) is 2.16. The van der Waals surface area contributed by atoms with Gasteiger partial charge in [-0.25, -0.2) is 4.79 Å². The molecule has 1 aromatic carbocycles. The van der Waals surface area contributed by atoms with Crippen LogP contribution in [0.5, 0.6) is 0 Å². The summed E-state index contributed by atoms with van der Waals surface area (Å²) in [5.74, 6) is -0.992. The minimum atomic E-state index is -0.614. The first kappa shape index (κ1) is 18.5. The molecular formula is C17H21N3O5. The number of β-amino-alcohol motifs (C(OH)–C–C–N with tert-alkyl or cyclic N) is 1. The molecule has 0 aliphatic carbocycles.